The van der Waals surface area contributed by atoms with Crippen LogP contribution < -0.4 is 5.32 Å². The van der Waals surface area contributed by atoms with Gasteiger partial charge in [-0.15, -0.1) is 0 Å². The van der Waals surface area contributed by atoms with Crippen molar-refractivity contribution in [1.82, 2.24) is 29.7 Å². The minimum Gasteiger partial charge on any atom is -0.481 e. The normalized spacial score (nSPS) is 18.2. The van der Waals surface area contributed by atoms with Crippen LogP contribution >= 0.6 is 11.6 Å². The van der Waals surface area contributed by atoms with Crippen LogP contribution in [0.2, 0.25) is 5.02 Å². The fourth-order valence-electron chi connectivity index (χ4n) is 7.71. The lowest BCUT2D eigenvalue weighted by Crippen LogP contribution is -2.38. The summed E-state index contributed by atoms with van der Waals surface area (Å²) in [4.78, 5) is 34.8. The second-order valence-corrected chi connectivity index (χ2v) is 14.6. The maximum absolute atomic E-state index is 11.6. The van der Waals surface area contributed by atoms with Crippen LogP contribution in [0, 0.1) is 24.2 Å². The van der Waals surface area contributed by atoms with E-state index >= 15 is 0 Å². The van der Waals surface area contributed by atoms with Gasteiger partial charge in [-0.2, -0.15) is 5.26 Å². The van der Waals surface area contributed by atoms with E-state index in [9.17, 15) is 20.3 Å². The molecule has 2 saturated heterocycles. The largest absolute Gasteiger partial charge is 0.481 e. The van der Waals surface area contributed by atoms with E-state index in [1.165, 1.54) is 0 Å². The highest BCUT2D eigenvalue weighted by Crippen LogP contribution is 2.39. The van der Waals surface area contributed by atoms with E-state index in [0.717, 1.165) is 77.7 Å². The van der Waals surface area contributed by atoms with Gasteiger partial charge < -0.3 is 19.9 Å². The molecule has 0 radical (unpaired) electrons. The van der Waals surface area contributed by atoms with Gasteiger partial charge >= 0.3 is 5.97 Å². The Balaban J connectivity index is 1.06. The number of rotatable bonds is 9. The number of hydrogen-bond donors (Lipinski definition) is 3. The molecule has 0 spiro atoms. The molecular formula is C41H39ClN8O4. The Labute approximate surface area is 317 Å². The van der Waals surface area contributed by atoms with Crippen molar-refractivity contribution >= 4 is 51.1 Å². The molecule has 3 N–H and O–H groups in total. The first-order valence-electron chi connectivity index (χ1n) is 18.2. The third-order valence-electron chi connectivity index (χ3n) is 10.4. The molecule has 0 bridgehead atoms. The van der Waals surface area contributed by atoms with Gasteiger partial charge in [0.25, 0.3) is 0 Å². The van der Waals surface area contributed by atoms with Gasteiger partial charge in [-0.3, -0.25) is 24.6 Å². The second kappa shape index (κ2) is 15.1. The van der Waals surface area contributed by atoms with E-state index in [2.05, 4.69) is 37.2 Å². The third-order valence-corrected chi connectivity index (χ3v) is 10.8. The number of hydrogen-bond acceptors (Lipinski definition) is 11. The van der Waals surface area contributed by atoms with Gasteiger partial charge in [0.2, 0.25) is 5.89 Å². The maximum Gasteiger partial charge on any atom is 0.307 e. The SMILES string of the molecule is Cc1c(Nc2nccc3cc(CN4CCCC(O)C4)cnc23)cccc1-c1nccc(-c2nc3cc(CN4CCC[C@@H](C(=O)O)C4)cc(C#N)c3o2)c1Cl. The Hall–Kier alpha value is -5.45. The number of nitrogens with one attached hydrogen (secondary N) is 1. The zero-order valence-electron chi connectivity index (χ0n) is 29.8. The number of benzene rings is 2. The number of carboxylic acid groups (broad SMARTS) is 1. The van der Waals surface area contributed by atoms with Crippen molar-refractivity contribution < 1.29 is 19.4 Å². The van der Waals surface area contributed by atoms with Crippen LogP contribution in [0.5, 0.6) is 0 Å². The summed E-state index contributed by atoms with van der Waals surface area (Å²) in [6.45, 7) is 6.14. The minimum absolute atomic E-state index is 0.269. The highest BCUT2D eigenvalue weighted by Gasteiger charge is 2.26. The number of oxazole rings is 1. The van der Waals surface area contributed by atoms with Crippen molar-refractivity contribution in [3.63, 3.8) is 0 Å². The fourth-order valence-corrected chi connectivity index (χ4v) is 8.00. The Morgan fingerprint density at radius 2 is 1.80 bits per heavy atom. The van der Waals surface area contributed by atoms with Crippen LogP contribution in [0.25, 0.3) is 44.7 Å². The van der Waals surface area contributed by atoms with Gasteiger partial charge in [0.1, 0.15) is 17.1 Å². The zero-order valence-corrected chi connectivity index (χ0v) is 30.6. The lowest BCUT2D eigenvalue weighted by atomic mass is 9.97. The summed E-state index contributed by atoms with van der Waals surface area (Å²) in [6.07, 6.45) is 8.36. The molecule has 6 aromatic rings. The van der Waals surface area contributed by atoms with Crippen molar-refractivity contribution in [2.24, 2.45) is 5.92 Å². The highest BCUT2D eigenvalue weighted by atomic mass is 35.5. The molecule has 0 amide bonds. The Kier molecular flexibility index (Phi) is 9.96. The van der Waals surface area contributed by atoms with Gasteiger partial charge in [-0.25, -0.2) is 9.97 Å². The number of pyridine rings is 3. The first-order valence-corrected chi connectivity index (χ1v) is 18.6. The molecule has 0 saturated carbocycles. The van der Waals surface area contributed by atoms with Gasteiger partial charge in [-0.05, 0) is 98.8 Å². The van der Waals surface area contributed by atoms with Gasteiger partial charge in [0.05, 0.1) is 33.9 Å². The van der Waals surface area contributed by atoms with Crippen LogP contribution in [0.3, 0.4) is 0 Å². The smallest absolute Gasteiger partial charge is 0.307 e. The first kappa shape index (κ1) is 35.6. The summed E-state index contributed by atoms with van der Waals surface area (Å²) >= 11 is 7.09. The summed E-state index contributed by atoms with van der Waals surface area (Å²) in [5.41, 5.74) is 7.56. The van der Waals surface area contributed by atoms with Crippen molar-refractivity contribution in [2.45, 2.75) is 51.8 Å². The molecule has 2 fully saturated rings. The van der Waals surface area contributed by atoms with E-state index in [4.69, 9.17) is 26.0 Å². The number of β-amino-alcohol motifs (C(OH)–C–C–N with tert-alkyl or cyclic N) is 1. The fraction of sp³-hybridized carbons (Fsp3) is 0.317. The maximum atomic E-state index is 11.6. The molecule has 54 heavy (non-hydrogen) atoms. The van der Waals surface area contributed by atoms with Crippen molar-refractivity contribution in [2.75, 3.05) is 31.5 Å². The molecule has 2 aromatic carbocycles. The molecular weight excluding hydrogens is 704 g/mol. The van der Waals surface area contributed by atoms with Gasteiger partial charge in [0.15, 0.2) is 11.4 Å². The highest BCUT2D eigenvalue weighted by molar-refractivity contribution is 6.35. The van der Waals surface area contributed by atoms with Gasteiger partial charge in [0, 0.05) is 61.4 Å². The molecule has 2 aliphatic rings. The molecule has 13 heteroatoms. The number of aromatic nitrogens is 4. The van der Waals surface area contributed by atoms with E-state index in [1.807, 2.05) is 43.5 Å². The van der Waals surface area contributed by atoms with E-state index in [0.29, 0.717) is 64.8 Å². The summed E-state index contributed by atoms with van der Waals surface area (Å²) in [5.74, 6) is -0.278. The number of carbonyl (C=O) groups is 1. The van der Waals surface area contributed by atoms with E-state index in [-0.39, 0.29) is 12.0 Å². The van der Waals surface area contributed by atoms with E-state index in [1.54, 1.807) is 24.5 Å². The summed E-state index contributed by atoms with van der Waals surface area (Å²) in [6, 6.07) is 17.6. The number of aliphatic hydroxyl groups excluding tert-OH is 1. The van der Waals surface area contributed by atoms with Crippen LogP contribution in [-0.2, 0) is 17.9 Å². The molecule has 4 aromatic heterocycles. The molecule has 0 aliphatic carbocycles. The predicted molar refractivity (Wildman–Crippen MR) is 206 cm³/mol. The lowest BCUT2D eigenvalue weighted by Gasteiger charge is -2.30. The monoisotopic (exact) mass is 742 g/mol. The Morgan fingerprint density at radius 3 is 2.61 bits per heavy atom. The number of aliphatic carboxylic acids is 1. The molecule has 12 nitrogen and oxygen atoms in total. The number of fused-ring (bicyclic) bond motifs is 2. The van der Waals surface area contributed by atoms with Crippen LogP contribution in [0.15, 0.2) is 71.5 Å². The van der Waals surface area contributed by atoms with Gasteiger partial charge in [-0.1, -0.05) is 23.7 Å². The summed E-state index contributed by atoms with van der Waals surface area (Å²) in [5, 5.41) is 34.5. The number of likely N-dealkylation sites (tertiary alicyclic amines) is 2. The number of nitrogens with zero attached hydrogens (tertiary/aromatic N) is 7. The minimum atomic E-state index is -0.777. The number of carboxylic acids is 1. The van der Waals surface area contributed by atoms with Crippen LogP contribution in [0.4, 0.5) is 11.5 Å². The topological polar surface area (TPSA) is 165 Å². The average Bonchev–Trinajstić information content (AvgIpc) is 3.60. The predicted octanol–water partition coefficient (Wildman–Crippen LogP) is 7.33. The molecule has 8 rings (SSSR count). The van der Waals surface area contributed by atoms with Crippen molar-refractivity contribution in [1.29, 1.82) is 5.26 Å². The Morgan fingerprint density at radius 1 is 1.00 bits per heavy atom. The van der Waals surface area contributed by atoms with E-state index < -0.39 is 11.9 Å². The van der Waals surface area contributed by atoms with Crippen LogP contribution in [0.1, 0.15) is 47.9 Å². The number of aliphatic hydroxyl groups is 1. The standard InChI is InChI=1S/C41H39ClN8O4/c1-24-31(7-2-8-33(24)47-39-36-27(9-11-45-39)16-26(19-46-36)21-50-14-4-6-30(51)23-50)37-35(42)32(10-12-44-37)40-48-34-17-25(15-29(18-43)38(34)54-40)20-49-13-3-5-28(22-49)41(52)53/h2,7-12,15-17,19,28,30,51H,3-6,13-14,20-23H2,1H3,(H,45,47)(H,52,53)/t28-,30?/m1/s1. The molecule has 1 unspecified atom stereocenters. The molecule has 274 valence electrons. The lowest BCUT2D eigenvalue weighted by molar-refractivity contribution is -0.143. The second-order valence-electron chi connectivity index (χ2n) is 14.3. The first-order chi connectivity index (χ1) is 26.2. The number of anilines is 2. The third kappa shape index (κ3) is 7.23. The Bertz CT molecular complexity index is 2430. The van der Waals surface area contributed by atoms with Crippen molar-refractivity contribution in [3.8, 4) is 28.8 Å². The number of nitriles is 1. The summed E-state index contributed by atoms with van der Waals surface area (Å²) < 4.78 is 6.19. The number of piperidine rings is 2. The van der Waals surface area contributed by atoms with Crippen molar-refractivity contribution in [3.05, 3.63) is 94.4 Å². The molecule has 2 atom stereocenters. The number of halogens is 1. The quantitative estimate of drug-likeness (QED) is 0.135. The average molecular weight is 743 g/mol. The molecule has 6 heterocycles. The summed E-state index contributed by atoms with van der Waals surface area (Å²) in [7, 11) is 0. The van der Waals surface area contributed by atoms with Crippen LogP contribution in [-0.4, -0.2) is 78.2 Å². The zero-order chi connectivity index (χ0) is 37.3. The molecule has 2 aliphatic heterocycles.